The summed E-state index contributed by atoms with van der Waals surface area (Å²) in [5, 5.41) is 4.29. The number of anilines is 1. The molecule has 0 aromatic heterocycles. The molecule has 2 N–H and O–H groups in total. The summed E-state index contributed by atoms with van der Waals surface area (Å²) < 4.78 is 45.3. The fraction of sp³-hybridized carbons (Fsp3) is 0.125. The highest BCUT2D eigenvalue weighted by atomic mass is 79.9. The molecule has 2 rings (SSSR count). The van der Waals surface area contributed by atoms with Gasteiger partial charge in [0.2, 0.25) is 5.91 Å². The van der Waals surface area contributed by atoms with Gasteiger partial charge in [0.15, 0.2) is 24.1 Å². The van der Waals surface area contributed by atoms with Crippen molar-refractivity contribution in [3.05, 3.63) is 58.3 Å². The third-order valence-electron chi connectivity index (χ3n) is 2.94. The molecule has 0 bridgehead atoms. The molecule has 2 amide bonds. The van der Waals surface area contributed by atoms with Crippen LogP contribution in [0.2, 0.25) is 0 Å². The van der Waals surface area contributed by atoms with Gasteiger partial charge in [0.1, 0.15) is 5.75 Å². The van der Waals surface area contributed by atoms with Crippen molar-refractivity contribution in [1.29, 1.82) is 0 Å². The van der Waals surface area contributed by atoms with Crippen LogP contribution in [0.3, 0.4) is 0 Å². The minimum Gasteiger partial charge on any atom is -0.484 e. The SMILES string of the molecule is O=C(COc1ccc(Br)cc1)NCC(=O)Nc1ccc(F)c(F)c1F. The van der Waals surface area contributed by atoms with Crippen LogP contribution in [-0.2, 0) is 9.59 Å². The molecule has 0 aliphatic rings. The lowest BCUT2D eigenvalue weighted by molar-refractivity contribution is -0.125. The number of carbonyl (C=O) groups excluding carboxylic acids is 2. The Hall–Kier alpha value is -2.55. The summed E-state index contributed by atoms with van der Waals surface area (Å²) in [6, 6.07) is 8.32. The largest absolute Gasteiger partial charge is 0.484 e. The van der Waals surface area contributed by atoms with Gasteiger partial charge >= 0.3 is 0 Å². The summed E-state index contributed by atoms with van der Waals surface area (Å²) in [6.45, 7) is -0.810. The summed E-state index contributed by atoms with van der Waals surface area (Å²) in [5.41, 5.74) is -0.524. The first-order chi connectivity index (χ1) is 11.9. The Morgan fingerprint density at radius 2 is 1.64 bits per heavy atom. The number of ether oxygens (including phenoxy) is 1. The zero-order valence-corrected chi connectivity index (χ0v) is 14.2. The summed E-state index contributed by atoms with van der Waals surface area (Å²) in [5.74, 6) is -5.49. The fourth-order valence-corrected chi connectivity index (χ4v) is 1.99. The third kappa shape index (κ3) is 5.49. The van der Waals surface area contributed by atoms with Gasteiger partial charge in [0, 0.05) is 4.47 Å². The highest BCUT2D eigenvalue weighted by Crippen LogP contribution is 2.19. The Balaban J connectivity index is 1.78. The molecule has 0 fully saturated rings. The zero-order valence-electron chi connectivity index (χ0n) is 12.6. The maximum Gasteiger partial charge on any atom is 0.258 e. The molecule has 0 saturated carbocycles. The van der Waals surface area contributed by atoms with E-state index in [1.54, 1.807) is 24.3 Å². The molecule has 25 heavy (non-hydrogen) atoms. The van der Waals surface area contributed by atoms with E-state index < -0.39 is 41.5 Å². The molecule has 0 aliphatic carbocycles. The zero-order chi connectivity index (χ0) is 18.4. The van der Waals surface area contributed by atoms with E-state index in [1.165, 1.54) is 0 Å². The van der Waals surface area contributed by atoms with E-state index in [0.29, 0.717) is 11.8 Å². The van der Waals surface area contributed by atoms with Crippen LogP contribution < -0.4 is 15.4 Å². The Kier molecular flexibility index (Phi) is 6.40. The quantitative estimate of drug-likeness (QED) is 0.711. The Labute approximate surface area is 149 Å². The van der Waals surface area contributed by atoms with Crippen LogP contribution in [0.15, 0.2) is 40.9 Å². The summed E-state index contributed by atoms with van der Waals surface area (Å²) in [7, 11) is 0. The number of benzene rings is 2. The van der Waals surface area contributed by atoms with Crippen LogP contribution in [0.1, 0.15) is 0 Å². The minimum atomic E-state index is -1.69. The number of nitrogens with one attached hydrogen (secondary N) is 2. The number of halogens is 4. The highest BCUT2D eigenvalue weighted by Gasteiger charge is 2.15. The molecule has 132 valence electrons. The van der Waals surface area contributed by atoms with Crippen LogP contribution in [-0.4, -0.2) is 25.0 Å². The molecule has 0 unspecified atom stereocenters. The second-order valence-corrected chi connectivity index (χ2v) is 5.71. The number of hydrogen-bond acceptors (Lipinski definition) is 3. The van der Waals surface area contributed by atoms with Crippen LogP contribution in [0, 0.1) is 17.5 Å². The molecular weight excluding hydrogens is 405 g/mol. The van der Waals surface area contributed by atoms with Gasteiger partial charge in [0.25, 0.3) is 5.91 Å². The van der Waals surface area contributed by atoms with Crippen LogP contribution >= 0.6 is 15.9 Å². The maximum absolute atomic E-state index is 13.4. The standard InChI is InChI=1S/C16H12BrF3N2O3/c17-9-1-3-10(4-2-9)25-8-14(24)21-7-13(23)22-12-6-5-11(18)15(19)16(12)20/h1-6H,7-8H2,(H,21,24)(H,22,23). The van der Waals surface area contributed by atoms with Crippen molar-refractivity contribution in [2.75, 3.05) is 18.5 Å². The number of rotatable bonds is 6. The first-order valence-corrected chi connectivity index (χ1v) is 7.74. The summed E-state index contributed by atoms with van der Waals surface area (Å²) in [6.07, 6.45) is 0. The van der Waals surface area contributed by atoms with Crippen LogP contribution in [0.25, 0.3) is 0 Å². The van der Waals surface area contributed by atoms with Gasteiger partial charge in [-0.15, -0.1) is 0 Å². The number of hydrogen-bond donors (Lipinski definition) is 2. The molecular formula is C16H12BrF3N2O3. The highest BCUT2D eigenvalue weighted by molar-refractivity contribution is 9.10. The Morgan fingerprint density at radius 3 is 2.32 bits per heavy atom. The summed E-state index contributed by atoms with van der Waals surface area (Å²) >= 11 is 3.26. The van der Waals surface area contributed by atoms with Crippen molar-refractivity contribution in [1.82, 2.24) is 5.32 Å². The predicted octanol–water partition coefficient (Wildman–Crippen LogP) is 3.00. The van der Waals surface area contributed by atoms with Gasteiger partial charge in [0.05, 0.1) is 12.2 Å². The minimum absolute atomic E-state index is 0.325. The van der Waals surface area contributed by atoms with E-state index in [4.69, 9.17) is 4.74 Å². The molecule has 0 spiro atoms. The molecule has 0 radical (unpaired) electrons. The Morgan fingerprint density at radius 1 is 0.960 bits per heavy atom. The molecule has 0 saturated heterocycles. The van der Waals surface area contributed by atoms with Gasteiger partial charge in [-0.05, 0) is 36.4 Å². The molecule has 0 atom stereocenters. The number of amides is 2. The van der Waals surface area contributed by atoms with E-state index >= 15 is 0 Å². The van der Waals surface area contributed by atoms with Gasteiger partial charge in [-0.3, -0.25) is 9.59 Å². The molecule has 2 aromatic rings. The van der Waals surface area contributed by atoms with E-state index in [1.807, 2.05) is 5.32 Å². The lowest BCUT2D eigenvalue weighted by Crippen LogP contribution is -2.36. The topological polar surface area (TPSA) is 67.4 Å². The molecule has 5 nitrogen and oxygen atoms in total. The molecule has 2 aromatic carbocycles. The molecule has 9 heteroatoms. The third-order valence-corrected chi connectivity index (χ3v) is 3.47. The predicted molar refractivity (Wildman–Crippen MR) is 87.6 cm³/mol. The van der Waals surface area contributed by atoms with Crippen molar-refractivity contribution in [2.45, 2.75) is 0 Å². The average Bonchev–Trinajstić information content (AvgIpc) is 2.60. The lowest BCUT2D eigenvalue weighted by atomic mass is 10.2. The Bertz CT molecular complexity index is 785. The second-order valence-electron chi connectivity index (χ2n) is 4.79. The van der Waals surface area contributed by atoms with Gasteiger partial charge in [-0.1, -0.05) is 15.9 Å². The van der Waals surface area contributed by atoms with Crippen LogP contribution in [0.4, 0.5) is 18.9 Å². The van der Waals surface area contributed by atoms with Crippen molar-refractivity contribution in [3.8, 4) is 5.75 Å². The van der Waals surface area contributed by atoms with E-state index in [-0.39, 0.29) is 6.61 Å². The first-order valence-electron chi connectivity index (χ1n) is 6.95. The van der Waals surface area contributed by atoms with Crippen molar-refractivity contribution in [3.63, 3.8) is 0 Å². The van der Waals surface area contributed by atoms with Gasteiger partial charge in [-0.25, -0.2) is 13.2 Å². The molecule has 0 aliphatic heterocycles. The molecule has 0 heterocycles. The van der Waals surface area contributed by atoms with E-state index in [0.717, 1.165) is 10.5 Å². The van der Waals surface area contributed by atoms with Crippen molar-refractivity contribution < 1.29 is 27.5 Å². The first kappa shape index (κ1) is 18.8. The smallest absolute Gasteiger partial charge is 0.258 e. The fourth-order valence-electron chi connectivity index (χ4n) is 1.73. The van der Waals surface area contributed by atoms with Crippen molar-refractivity contribution in [2.24, 2.45) is 0 Å². The monoisotopic (exact) mass is 416 g/mol. The van der Waals surface area contributed by atoms with E-state index in [2.05, 4.69) is 21.2 Å². The number of carbonyl (C=O) groups is 2. The second kappa shape index (κ2) is 8.52. The summed E-state index contributed by atoms with van der Waals surface area (Å²) in [4.78, 5) is 23.2. The van der Waals surface area contributed by atoms with Crippen LogP contribution in [0.5, 0.6) is 5.75 Å². The van der Waals surface area contributed by atoms with E-state index in [9.17, 15) is 22.8 Å². The maximum atomic E-state index is 13.4. The average molecular weight is 417 g/mol. The van der Waals surface area contributed by atoms with Gasteiger partial charge in [-0.2, -0.15) is 0 Å². The van der Waals surface area contributed by atoms with Gasteiger partial charge < -0.3 is 15.4 Å². The van der Waals surface area contributed by atoms with Crippen molar-refractivity contribution >= 4 is 33.4 Å². The normalized spacial score (nSPS) is 10.2. The lowest BCUT2D eigenvalue weighted by Gasteiger charge is -2.09.